The summed E-state index contributed by atoms with van der Waals surface area (Å²) in [6, 6.07) is 0. The number of nitrogens with two attached hydrogens (primary N) is 1. The van der Waals surface area contributed by atoms with Gasteiger partial charge in [-0.25, -0.2) is 0 Å². The van der Waals surface area contributed by atoms with Crippen molar-refractivity contribution < 1.29 is 9.00 Å². The van der Waals surface area contributed by atoms with E-state index >= 15 is 0 Å². The first-order valence-corrected chi connectivity index (χ1v) is 6.82. The number of amides is 1. The molecule has 4 nitrogen and oxygen atoms in total. The van der Waals surface area contributed by atoms with Crippen LogP contribution in [-0.2, 0) is 15.6 Å². The quantitative estimate of drug-likeness (QED) is 0.698. The van der Waals surface area contributed by atoms with Crippen LogP contribution < -0.4 is 11.1 Å². The lowest BCUT2D eigenvalue weighted by Crippen LogP contribution is -2.52. The summed E-state index contributed by atoms with van der Waals surface area (Å²) < 4.78 is 11.1. The zero-order chi connectivity index (χ0) is 12.1. The number of hydrogen-bond donors (Lipinski definition) is 2. The van der Waals surface area contributed by atoms with Gasteiger partial charge in [0.05, 0.1) is 5.54 Å². The van der Waals surface area contributed by atoms with Crippen molar-refractivity contribution in [2.45, 2.75) is 44.4 Å². The van der Waals surface area contributed by atoms with Crippen molar-refractivity contribution in [1.82, 2.24) is 5.32 Å². The van der Waals surface area contributed by atoms with Gasteiger partial charge in [-0.2, -0.15) is 0 Å². The summed E-state index contributed by atoms with van der Waals surface area (Å²) in [5.41, 5.74) is 5.03. The van der Waals surface area contributed by atoms with E-state index in [1.165, 1.54) is 0 Å². The Morgan fingerprint density at radius 3 is 2.53 bits per heavy atom. The number of nitrogens with one attached hydrogen (secondary N) is 1. The highest BCUT2D eigenvalue weighted by Crippen LogP contribution is 2.08. The monoisotopic (exact) mass is 234 g/mol. The lowest BCUT2D eigenvalue weighted by Gasteiger charge is -2.23. The summed E-state index contributed by atoms with van der Waals surface area (Å²) in [4.78, 5) is 11.6. The van der Waals surface area contributed by atoms with Crippen LogP contribution in [0.5, 0.6) is 0 Å². The molecule has 3 N–H and O–H groups in total. The number of carbonyl (C=O) groups is 1. The van der Waals surface area contributed by atoms with Crippen molar-refractivity contribution in [3.8, 4) is 0 Å². The van der Waals surface area contributed by atoms with Gasteiger partial charge in [0, 0.05) is 28.9 Å². The first kappa shape index (κ1) is 14.6. The Hall–Kier alpha value is -0.420. The second kappa shape index (κ2) is 6.23. The molecule has 0 saturated heterocycles. The topological polar surface area (TPSA) is 72.2 Å². The minimum atomic E-state index is -0.913. The Bertz CT molecular complexity index is 242. The SMILES string of the molecule is CCCC(C)(N)C(=O)NCC(C)S(C)=O. The van der Waals surface area contributed by atoms with E-state index in [-0.39, 0.29) is 11.2 Å². The Balaban J connectivity index is 4.08. The van der Waals surface area contributed by atoms with Crippen LogP contribution in [0.4, 0.5) is 0 Å². The lowest BCUT2D eigenvalue weighted by molar-refractivity contribution is -0.126. The molecule has 15 heavy (non-hydrogen) atoms. The molecule has 1 amide bonds. The predicted octanol–water partition coefficient (Wildman–Crippen LogP) is 0.387. The van der Waals surface area contributed by atoms with Crippen LogP contribution in [0.3, 0.4) is 0 Å². The average molecular weight is 234 g/mol. The molecule has 0 spiro atoms. The fourth-order valence-electron chi connectivity index (χ4n) is 1.19. The normalized spacial score (nSPS) is 19.0. The van der Waals surface area contributed by atoms with Crippen molar-refractivity contribution >= 4 is 16.7 Å². The summed E-state index contributed by atoms with van der Waals surface area (Å²) in [5.74, 6) is -0.165. The summed E-state index contributed by atoms with van der Waals surface area (Å²) in [5, 5.41) is 2.70. The van der Waals surface area contributed by atoms with Gasteiger partial charge in [-0.15, -0.1) is 0 Å². The van der Waals surface area contributed by atoms with Gasteiger partial charge in [0.15, 0.2) is 0 Å². The average Bonchev–Trinajstić information content (AvgIpc) is 2.13. The maximum absolute atomic E-state index is 11.6. The van der Waals surface area contributed by atoms with Gasteiger partial charge in [0.2, 0.25) is 5.91 Å². The number of carbonyl (C=O) groups excluding carboxylic acids is 1. The highest BCUT2D eigenvalue weighted by Gasteiger charge is 2.27. The summed E-state index contributed by atoms with van der Waals surface area (Å²) in [7, 11) is -0.913. The van der Waals surface area contributed by atoms with Gasteiger partial charge < -0.3 is 11.1 Å². The number of hydrogen-bond acceptors (Lipinski definition) is 3. The van der Waals surface area contributed by atoms with E-state index < -0.39 is 16.3 Å². The first-order chi connectivity index (χ1) is 6.81. The maximum Gasteiger partial charge on any atom is 0.239 e. The largest absolute Gasteiger partial charge is 0.353 e. The molecule has 0 radical (unpaired) electrons. The molecular formula is C10H22N2O2S. The molecule has 0 bridgehead atoms. The second-order valence-electron chi connectivity index (χ2n) is 4.19. The van der Waals surface area contributed by atoms with E-state index in [0.717, 1.165) is 6.42 Å². The van der Waals surface area contributed by atoms with E-state index in [2.05, 4.69) is 5.32 Å². The Labute approximate surface area is 94.4 Å². The minimum Gasteiger partial charge on any atom is -0.353 e. The van der Waals surface area contributed by atoms with E-state index in [1.54, 1.807) is 13.2 Å². The van der Waals surface area contributed by atoms with Gasteiger partial charge in [-0.3, -0.25) is 9.00 Å². The van der Waals surface area contributed by atoms with Crippen LogP contribution in [0.15, 0.2) is 0 Å². The molecule has 0 heterocycles. The molecule has 5 heteroatoms. The molecule has 0 aliphatic heterocycles. The van der Waals surface area contributed by atoms with Crippen molar-refractivity contribution in [2.75, 3.05) is 12.8 Å². The minimum absolute atomic E-state index is 0.0358. The van der Waals surface area contributed by atoms with Crippen LogP contribution >= 0.6 is 0 Å². The molecule has 0 saturated carbocycles. The van der Waals surface area contributed by atoms with Crippen LogP contribution in [0, 0.1) is 0 Å². The van der Waals surface area contributed by atoms with Crippen molar-refractivity contribution in [1.29, 1.82) is 0 Å². The third kappa shape index (κ3) is 5.28. The molecule has 3 unspecified atom stereocenters. The van der Waals surface area contributed by atoms with Crippen LogP contribution in [0.25, 0.3) is 0 Å². The van der Waals surface area contributed by atoms with Crippen LogP contribution in [-0.4, -0.2) is 33.7 Å². The van der Waals surface area contributed by atoms with Gasteiger partial charge in [0.1, 0.15) is 0 Å². The summed E-state index contributed by atoms with van der Waals surface area (Å²) in [6.07, 6.45) is 3.16. The van der Waals surface area contributed by atoms with E-state index in [0.29, 0.717) is 13.0 Å². The molecule has 0 aliphatic rings. The standard InChI is InChI=1S/C10H22N2O2S/c1-5-6-10(3,11)9(13)12-7-8(2)15(4)14/h8H,5-7,11H2,1-4H3,(H,12,13). The smallest absolute Gasteiger partial charge is 0.239 e. The molecule has 3 atom stereocenters. The zero-order valence-electron chi connectivity index (χ0n) is 10.0. The van der Waals surface area contributed by atoms with Gasteiger partial charge in [-0.05, 0) is 20.3 Å². The molecule has 0 aliphatic carbocycles. The fraction of sp³-hybridized carbons (Fsp3) is 0.900. The molecule has 90 valence electrons. The first-order valence-electron chi connectivity index (χ1n) is 5.20. The Morgan fingerprint density at radius 1 is 1.60 bits per heavy atom. The van der Waals surface area contributed by atoms with Crippen LogP contribution in [0.2, 0.25) is 0 Å². The molecular weight excluding hydrogens is 212 g/mol. The zero-order valence-corrected chi connectivity index (χ0v) is 10.8. The van der Waals surface area contributed by atoms with Crippen molar-refractivity contribution in [2.24, 2.45) is 5.73 Å². The van der Waals surface area contributed by atoms with E-state index in [1.807, 2.05) is 13.8 Å². The molecule has 0 rings (SSSR count). The maximum atomic E-state index is 11.6. The molecule has 0 aromatic rings. The predicted molar refractivity (Wildman–Crippen MR) is 64.0 cm³/mol. The summed E-state index contributed by atoms with van der Waals surface area (Å²) >= 11 is 0. The third-order valence-corrected chi connectivity index (χ3v) is 3.70. The summed E-state index contributed by atoms with van der Waals surface area (Å²) in [6.45, 7) is 5.96. The second-order valence-corrected chi connectivity index (χ2v) is 5.99. The fourth-order valence-corrected chi connectivity index (χ4v) is 1.51. The van der Waals surface area contributed by atoms with Gasteiger partial charge >= 0.3 is 0 Å². The highest BCUT2D eigenvalue weighted by atomic mass is 32.2. The Kier molecular flexibility index (Phi) is 6.05. The van der Waals surface area contributed by atoms with Gasteiger partial charge in [-0.1, -0.05) is 13.3 Å². The third-order valence-electron chi connectivity index (χ3n) is 2.40. The van der Waals surface area contributed by atoms with Crippen LogP contribution in [0.1, 0.15) is 33.6 Å². The van der Waals surface area contributed by atoms with E-state index in [9.17, 15) is 9.00 Å². The van der Waals surface area contributed by atoms with Crippen molar-refractivity contribution in [3.05, 3.63) is 0 Å². The molecule has 0 aromatic carbocycles. The Morgan fingerprint density at radius 2 is 2.13 bits per heavy atom. The highest BCUT2D eigenvalue weighted by molar-refractivity contribution is 7.84. The lowest BCUT2D eigenvalue weighted by atomic mass is 9.96. The van der Waals surface area contributed by atoms with Crippen molar-refractivity contribution in [3.63, 3.8) is 0 Å². The number of rotatable bonds is 6. The molecule has 0 aromatic heterocycles. The van der Waals surface area contributed by atoms with Gasteiger partial charge in [0.25, 0.3) is 0 Å². The molecule has 0 fully saturated rings. The van der Waals surface area contributed by atoms with E-state index in [4.69, 9.17) is 5.73 Å².